The van der Waals surface area contributed by atoms with Gasteiger partial charge in [-0.3, -0.25) is 0 Å². The van der Waals surface area contributed by atoms with E-state index in [2.05, 4.69) is 65.8 Å². The van der Waals surface area contributed by atoms with Crippen molar-refractivity contribution in [3.8, 4) is 0 Å². The van der Waals surface area contributed by atoms with E-state index in [1.807, 2.05) is 0 Å². The van der Waals surface area contributed by atoms with E-state index in [-0.39, 0.29) is 5.41 Å². The quantitative estimate of drug-likeness (QED) is 0.630. The first-order chi connectivity index (χ1) is 7.87. The van der Waals surface area contributed by atoms with Gasteiger partial charge < -0.3 is 0 Å². The summed E-state index contributed by atoms with van der Waals surface area (Å²) in [5.41, 5.74) is 3.47. The molecular formula is C17H28. The Morgan fingerprint density at radius 1 is 1.06 bits per heavy atom. The molecule has 1 aromatic rings. The lowest BCUT2D eigenvalue weighted by Gasteiger charge is -2.45. The van der Waals surface area contributed by atoms with Gasteiger partial charge in [-0.25, -0.2) is 0 Å². The SMILES string of the molecule is CCC[C@](C)(CC)C(C)(C)c1cccc(C)c1. The molecule has 0 fully saturated rings. The third-order valence-corrected chi connectivity index (χ3v) is 4.83. The lowest BCUT2D eigenvalue weighted by atomic mass is 9.60. The normalized spacial score (nSPS) is 15.6. The second-order valence-corrected chi connectivity index (χ2v) is 6.16. The van der Waals surface area contributed by atoms with Crippen molar-refractivity contribution >= 4 is 0 Å². The molecule has 0 aromatic heterocycles. The van der Waals surface area contributed by atoms with Gasteiger partial charge in [0.15, 0.2) is 0 Å². The molecule has 0 saturated carbocycles. The Morgan fingerprint density at radius 3 is 2.18 bits per heavy atom. The molecule has 0 aliphatic rings. The van der Waals surface area contributed by atoms with Gasteiger partial charge in [0.2, 0.25) is 0 Å². The first-order valence-corrected chi connectivity index (χ1v) is 6.94. The average molecular weight is 232 g/mol. The second kappa shape index (κ2) is 5.25. The Hall–Kier alpha value is -0.780. The van der Waals surface area contributed by atoms with Crippen LogP contribution < -0.4 is 0 Å². The highest BCUT2D eigenvalue weighted by atomic mass is 14.4. The molecule has 0 N–H and O–H groups in total. The van der Waals surface area contributed by atoms with Crippen LogP contribution in [-0.4, -0.2) is 0 Å². The summed E-state index contributed by atoms with van der Waals surface area (Å²) in [6, 6.07) is 9.01. The van der Waals surface area contributed by atoms with Crippen molar-refractivity contribution in [2.24, 2.45) is 5.41 Å². The lowest BCUT2D eigenvalue weighted by Crippen LogP contribution is -2.38. The topological polar surface area (TPSA) is 0 Å². The van der Waals surface area contributed by atoms with E-state index in [0.717, 1.165) is 0 Å². The summed E-state index contributed by atoms with van der Waals surface area (Å²) in [6.45, 7) is 14.1. The molecule has 1 rings (SSSR count). The van der Waals surface area contributed by atoms with Gasteiger partial charge in [-0.15, -0.1) is 0 Å². The fraction of sp³-hybridized carbons (Fsp3) is 0.647. The van der Waals surface area contributed by atoms with Crippen LogP contribution in [0.1, 0.15) is 65.0 Å². The summed E-state index contributed by atoms with van der Waals surface area (Å²) in [4.78, 5) is 0. The summed E-state index contributed by atoms with van der Waals surface area (Å²) >= 11 is 0. The summed E-state index contributed by atoms with van der Waals surface area (Å²) in [5, 5.41) is 0. The molecule has 0 nitrogen and oxygen atoms in total. The largest absolute Gasteiger partial charge is 0.0654 e. The van der Waals surface area contributed by atoms with Crippen LogP contribution in [0.3, 0.4) is 0 Å². The predicted octanol–water partition coefficient (Wildman–Crippen LogP) is 5.49. The van der Waals surface area contributed by atoms with E-state index in [1.165, 1.54) is 30.4 Å². The molecule has 0 saturated heterocycles. The monoisotopic (exact) mass is 232 g/mol. The van der Waals surface area contributed by atoms with Crippen LogP contribution in [-0.2, 0) is 5.41 Å². The summed E-state index contributed by atoms with van der Waals surface area (Å²) < 4.78 is 0. The molecule has 17 heavy (non-hydrogen) atoms. The third kappa shape index (κ3) is 2.73. The van der Waals surface area contributed by atoms with E-state index in [9.17, 15) is 0 Å². The Labute approximate surface area is 107 Å². The minimum absolute atomic E-state index is 0.240. The fourth-order valence-corrected chi connectivity index (χ4v) is 2.87. The van der Waals surface area contributed by atoms with Crippen LogP contribution in [0.15, 0.2) is 24.3 Å². The van der Waals surface area contributed by atoms with Crippen LogP contribution in [0.4, 0.5) is 0 Å². The summed E-state index contributed by atoms with van der Waals surface area (Å²) in [6.07, 6.45) is 3.80. The Balaban J connectivity index is 3.16. The van der Waals surface area contributed by atoms with Gasteiger partial charge >= 0.3 is 0 Å². The van der Waals surface area contributed by atoms with E-state index in [1.54, 1.807) is 0 Å². The molecule has 0 aliphatic heterocycles. The molecule has 1 atom stereocenters. The van der Waals surface area contributed by atoms with Gasteiger partial charge in [0.25, 0.3) is 0 Å². The summed E-state index contributed by atoms with van der Waals surface area (Å²) in [5.74, 6) is 0. The van der Waals surface area contributed by atoms with Crippen molar-refractivity contribution in [3.63, 3.8) is 0 Å². The van der Waals surface area contributed by atoms with Gasteiger partial charge in [0.1, 0.15) is 0 Å². The minimum atomic E-state index is 0.240. The van der Waals surface area contributed by atoms with E-state index < -0.39 is 0 Å². The average Bonchev–Trinajstić information content (AvgIpc) is 2.29. The molecular weight excluding hydrogens is 204 g/mol. The lowest BCUT2D eigenvalue weighted by molar-refractivity contribution is 0.145. The molecule has 0 amide bonds. The number of benzene rings is 1. The molecule has 0 heteroatoms. The Bertz CT molecular complexity index is 362. The Kier molecular flexibility index (Phi) is 4.41. The van der Waals surface area contributed by atoms with Gasteiger partial charge in [-0.05, 0) is 36.2 Å². The standard InChI is InChI=1S/C17H28/c1-7-12-17(6,8-2)16(4,5)15-11-9-10-14(3)13-15/h9-11,13H,7-8,12H2,1-6H3/t17-/m0/s1. The van der Waals surface area contributed by atoms with Crippen molar-refractivity contribution in [2.45, 2.75) is 66.2 Å². The van der Waals surface area contributed by atoms with Crippen molar-refractivity contribution in [2.75, 3.05) is 0 Å². The van der Waals surface area contributed by atoms with E-state index in [0.29, 0.717) is 5.41 Å². The number of hydrogen-bond acceptors (Lipinski definition) is 0. The van der Waals surface area contributed by atoms with Crippen LogP contribution in [0, 0.1) is 12.3 Å². The molecule has 0 spiro atoms. The van der Waals surface area contributed by atoms with Gasteiger partial charge in [0, 0.05) is 0 Å². The van der Waals surface area contributed by atoms with Crippen LogP contribution in [0.25, 0.3) is 0 Å². The molecule has 1 aromatic carbocycles. The maximum absolute atomic E-state index is 2.44. The molecule has 0 bridgehead atoms. The van der Waals surface area contributed by atoms with Crippen LogP contribution in [0.2, 0.25) is 0 Å². The number of rotatable bonds is 5. The van der Waals surface area contributed by atoms with E-state index in [4.69, 9.17) is 0 Å². The highest BCUT2D eigenvalue weighted by Crippen LogP contribution is 2.47. The first-order valence-electron chi connectivity index (χ1n) is 6.94. The highest BCUT2D eigenvalue weighted by molar-refractivity contribution is 5.30. The Morgan fingerprint density at radius 2 is 1.71 bits per heavy atom. The zero-order valence-electron chi connectivity index (χ0n) is 12.4. The third-order valence-electron chi connectivity index (χ3n) is 4.83. The summed E-state index contributed by atoms with van der Waals surface area (Å²) in [7, 11) is 0. The predicted molar refractivity (Wildman–Crippen MR) is 77.5 cm³/mol. The van der Waals surface area contributed by atoms with Gasteiger partial charge in [0.05, 0.1) is 0 Å². The second-order valence-electron chi connectivity index (χ2n) is 6.16. The van der Waals surface area contributed by atoms with Gasteiger partial charge in [-0.2, -0.15) is 0 Å². The molecule has 0 radical (unpaired) electrons. The van der Waals surface area contributed by atoms with Crippen molar-refractivity contribution in [1.29, 1.82) is 0 Å². The maximum atomic E-state index is 2.44. The molecule has 96 valence electrons. The number of hydrogen-bond donors (Lipinski definition) is 0. The van der Waals surface area contributed by atoms with Crippen molar-refractivity contribution in [1.82, 2.24) is 0 Å². The minimum Gasteiger partial charge on any atom is -0.0654 e. The van der Waals surface area contributed by atoms with Crippen molar-refractivity contribution in [3.05, 3.63) is 35.4 Å². The maximum Gasteiger partial charge on any atom is -0.00498 e. The van der Waals surface area contributed by atoms with Crippen LogP contribution >= 0.6 is 0 Å². The first kappa shape index (κ1) is 14.3. The molecule has 0 unspecified atom stereocenters. The van der Waals surface area contributed by atoms with E-state index >= 15 is 0 Å². The molecule has 0 heterocycles. The fourth-order valence-electron chi connectivity index (χ4n) is 2.87. The number of aryl methyl sites for hydroxylation is 1. The van der Waals surface area contributed by atoms with Gasteiger partial charge in [-0.1, -0.05) is 70.9 Å². The zero-order valence-corrected chi connectivity index (χ0v) is 12.4. The smallest absolute Gasteiger partial charge is 0.00498 e. The van der Waals surface area contributed by atoms with Crippen LogP contribution in [0.5, 0.6) is 0 Å². The molecule has 0 aliphatic carbocycles. The zero-order chi connectivity index (χ0) is 13.1. The van der Waals surface area contributed by atoms with Crippen molar-refractivity contribution < 1.29 is 0 Å². The highest BCUT2D eigenvalue weighted by Gasteiger charge is 2.39.